The Labute approximate surface area is 96.5 Å². The van der Waals surface area contributed by atoms with Crippen LogP contribution in [0.25, 0.3) is 0 Å². The van der Waals surface area contributed by atoms with Crippen molar-refractivity contribution in [3.63, 3.8) is 0 Å². The maximum atomic E-state index is 8.88. The normalized spacial score (nSPS) is 10.8. The van der Waals surface area contributed by atoms with Crippen LogP contribution in [0, 0.1) is 26.2 Å². The molecule has 0 aliphatic carbocycles. The summed E-state index contributed by atoms with van der Waals surface area (Å²) >= 11 is 0. The van der Waals surface area contributed by atoms with Gasteiger partial charge in [-0.1, -0.05) is 13.8 Å². The van der Waals surface area contributed by atoms with Crippen LogP contribution in [0.5, 0.6) is 0 Å². The molecule has 2 N–H and O–H groups in total. The van der Waals surface area contributed by atoms with E-state index >= 15 is 0 Å². The Bertz CT molecular complexity index is 69.8. The maximum Gasteiger partial charge on any atom is 0.0670 e. The van der Waals surface area contributed by atoms with Gasteiger partial charge < -0.3 is 31.0 Å². The molecule has 2 nitrogen and oxygen atoms in total. The molecule has 1 atom stereocenters. The standard InChI is InChI=1S/C6H13O2.2C2H5.Zn/c1-6(2,3)5(8)4-7;2*1-2;/h5,7-8H,1,4H2,2-3H3;2*1H2,2H3;/q3*-1;/t5-;;;/m0.../s1. The Morgan fingerprint density at radius 3 is 1.38 bits per heavy atom. The van der Waals surface area contributed by atoms with Crippen molar-refractivity contribution in [2.45, 2.75) is 33.8 Å². The zero-order valence-electron chi connectivity index (χ0n) is 9.51. The second-order valence-corrected chi connectivity index (χ2v) is 2.69. The average Bonchev–Trinajstić information content (AvgIpc) is 2.08. The molecule has 0 radical (unpaired) electrons. The van der Waals surface area contributed by atoms with Crippen molar-refractivity contribution >= 4 is 0 Å². The van der Waals surface area contributed by atoms with Gasteiger partial charge in [-0.15, -0.1) is 5.41 Å². The zero-order chi connectivity index (χ0) is 10.8. The van der Waals surface area contributed by atoms with Gasteiger partial charge in [0.15, 0.2) is 0 Å². The summed E-state index contributed by atoms with van der Waals surface area (Å²) in [5, 5.41) is 17.3. The Kier molecular flexibility index (Phi) is 27.1. The van der Waals surface area contributed by atoms with Gasteiger partial charge in [0, 0.05) is 19.5 Å². The van der Waals surface area contributed by atoms with Crippen LogP contribution in [-0.4, -0.2) is 22.9 Å². The van der Waals surface area contributed by atoms with Crippen molar-refractivity contribution in [2.24, 2.45) is 5.41 Å². The van der Waals surface area contributed by atoms with Crippen LogP contribution in [0.15, 0.2) is 0 Å². The largest absolute Gasteiger partial charge is 0.394 e. The molecule has 0 rings (SSSR count). The third kappa shape index (κ3) is 19.1. The molecule has 0 aromatic rings. The monoisotopic (exact) mass is 239 g/mol. The first kappa shape index (κ1) is 23.4. The average molecular weight is 241 g/mol. The molecule has 0 unspecified atom stereocenters. The first-order valence-corrected chi connectivity index (χ1v) is 4.04. The van der Waals surface area contributed by atoms with Crippen LogP contribution in [0.1, 0.15) is 27.7 Å². The van der Waals surface area contributed by atoms with Crippen LogP contribution in [0.3, 0.4) is 0 Å². The molecular weight excluding hydrogens is 217 g/mol. The molecule has 0 bridgehead atoms. The summed E-state index contributed by atoms with van der Waals surface area (Å²) in [7, 11) is 0. The van der Waals surface area contributed by atoms with Crippen molar-refractivity contribution in [1.82, 2.24) is 0 Å². The fourth-order valence-electron chi connectivity index (χ4n) is 0.247. The predicted molar refractivity (Wildman–Crippen MR) is 54.3 cm³/mol. The summed E-state index contributed by atoms with van der Waals surface area (Å²) in [5.74, 6) is 0. The first-order valence-electron chi connectivity index (χ1n) is 4.04. The van der Waals surface area contributed by atoms with E-state index in [1.165, 1.54) is 0 Å². The topological polar surface area (TPSA) is 40.5 Å². The second-order valence-electron chi connectivity index (χ2n) is 2.69. The van der Waals surface area contributed by atoms with E-state index in [-0.39, 0.29) is 26.1 Å². The smallest absolute Gasteiger partial charge is 0.0670 e. The van der Waals surface area contributed by atoms with E-state index in [9.17, 15) is 0 Å². The number of aliphatic hydroxyl groups excluding tert-OH is 2. The summed E-state index contributed by atoms with van der Waals surface area (Å²) in [6, 6.07) is 0. The minimum Gasteiger partial charge on any atom is -0.394 e. The summed E-state index contributed by atoms with van der Waals surface area (Å²) in [6.07, 6.45) is -0.706. The quantitative estimate of drug-likeness (QED) is 0.572. The number of hydrogen-bond donors (Lipinski definition) is 2. The summed E-state index contributed by atoms with van der Waals surface area (Å²) < 4.78 is 0. The second kappa shape index (κ2) is 15.0. The molecule has 0 aliphatic heterocycles. The van der Waals surface area contributed by atoms with Crippen molar-refractivity contribution < 1.29 is 29.7 Å². The van der Waals surface area contributed by atoms with Crippen LogP contribution >= 0.6 is 0 Å². The maximum absolute atomic E-state index is 8.88. The van der Waals surface area contributed by atoms with Crippen LogP contribution in [0.2, 0.25) is 0 Å². The molecule has 3 heteroatoms. The minimum atomic E-state index is -0.706. The van der Waals surface area contributed by atoms with Crippen molar-refractivity contribution in [2.75, 3.05) is 6.61 Å². The molecule has 80 valence electrons. The third-order valence-electron chi connectivity index (χ3n) is 1.08. The van der Waals surface area contributed by atoms with E-state index in [4.69, 9.17) is 10.2 Å². The van der Waals surface area contributed by atoms with Crippen molar-refractivity contribution in [3.05, 3.63) is 20.8 Å². The molecule has 0 spiro atoms. The van der Waals surface area contributed by atoms with Gasteiger partial charge in [-0.3, -0.25) is 0 Å². The molecule has 0 aromatic carbocycles. The third-order valence-corrected chi connectivity index (χ3v) is 1.08. The van der Waals surface area contributed by atoms with E-state index in [1.807, 2.05) is 0 Å². The van der Waals surface area contributed by atoms with E-state index in [1.54, 1.807) is 27.7 Å². The van der Waals surface area contributed by atoms with Crippen LogP contribution in [0.4, 0.5) is 0 Å². The predicted octanol–water partition coefficient (Wildman–Crippen LogP) is 1.88. The van der Waals surface area contributed by atoms with Gasteiger partial charge in [0.1, 0.15) is 0 Å². The van der Waals surface area contributed by atoms with Gasteiger partial charge in [0.2, 0.25) is 0 Å². The van der Waals surface area contributed by atoms with Crippen LogP contribution < -0.4 is 0 Å². The van der Waals surface area contributed by atoms with E-state index in [2.05, 4.69) is 20.8 Å². The summed E-state index contributed by atoms with van der Waals surface area (Å²) in [5.41, 5.74) is -0.436. The van der Waals surface area contributed by atoms with Gasteiger partial charge in [-0.2, -0.15) is 13.8 Å². The van der Waals surface area contributed by atoms with E-state index in [0.29, 0.717) is 0 Å². The minimum absolute atomic E-state index is 0. The molecule has 0 heterocycles. The molecule has 0 amide bonds. The van der Waals surface area contributed by atoms with Gasteiger partial charge >= 0.3 is 0 Å². The van der Waals surface area contributed by atoms with Crippen LogP contribution in [-0.2, 0) is 19.5 Å². The zero-order valence-corrected chi connectivity index (χ0v) is 12.5. The molecule has 0 aromatic heterocycles. The van der Waals surface area contributed by atoms with Crippen molar-refractivity contribution in [1.29, 1.82) is 0 Å². The van der Waals surface area contributed by atoms with Gasteiger partial charge in [-0.05, 0) is 0 Å². The molecule has 0 aliphatic rings. The Morgan fingerprint density at radius 1 is 1.15 bits per heavy atom. The fourth-order valence-corrected chi connectivity index (χ4v) is 0.247. The Morgan fingerprint density at radius 2 is 1.38 bits per heavy atom. The summed E-state index contributed by atoms with van der Waals surface area (Å²) in [4.78, 5) is 0. The fraction of sp³-hybridized carbons (Fsp3) is 0.700. The number of hydrogen-bond acceptors (Lipinski definition) is 2. The first-order chi connectivity index (χ1) is 5.48. The number of aliphatic hydroxyl groups is 2. The van der Waals surface area contributed by atoms with E-state index < -0.39 is 11.5 Å². The molecule has 0 fully saturated rings. The molecule has 13 heavy (non-hydrogen) atoms. The Hall–Kier alpha value is 0.543. The Balaban J connectivity index is -0.0000000712. The van der Waals surface area contributed by atoms with Gasteiger partial charge in [-0.25, -0.2) is 0 Å². The SMILES string of the molecule is [CH2-]C.[CH2-]C.[CH2-]C(C)(C)[C@@H](O)CO.[Zn]. The number of rotatable bonds is 2. The summed E-state index contributed by atoms with van der Waals surface area (Å²) in [6.45, 7) is 17.0. The van der Waals surface area contributed by atoms with Gasteiger partial charge in [0.05, 0.1) is 12.7 Å². The van der Waals surface area contributed by atoms with Crippen molar-refractivity contribution in [3.8, 4) is 0 Å². The van der Waals surface area contributed by atoms with Gasteiger partial charge in [0.25, 0.3) is 0 Å². The molecular formula is C10H23O2Zn-3. The van der Waals surface area contributed by atoms with E-state index in [0.717, 1.165) is 0 Å². The molecule has 0 saturated heterocycles. The molecule has 0 saturated carbocycles.